The lowest BCUT2D eigenvalue weighted by atomic mass is 10.2. The van der Waals surface area contributed by atoms with Gasteiger partial charge in [0.15, 0.2) is 0 Å². The van der Waals surface area contributed by atoms with Crippen LogP contribution >= 0.6 is 0 Å². The molecule has 0 bridgehead atoms. The van der Waals surface area contributed by atoms with Crippen molar-refractivity contribution in [2.24, 2.45) is 0 Å². The molecule has 0 radical (unpaired) electrons. The van der Waals surface area contributed by atoms with Crippen molar-refractivity contribution in [2.45, 2.75) is 46.0 Å². The van der Waals surface area contributed by atoms with Crippen molar-refractivity contribution in [3.05, 3.63) is 12.2 Å². The van der Waals surface area contributed by atoms with Gasteiger partial charge in [-0.1, -0.05) is 5.57 Å². The molecule has 0 amide bonds. The van der Waals surface area contributed by atoms with Gasteiger partial charge in [-0.15, -0.1) is 6.58 Å². The van der Waals surface area contributed by atoms with Crippen LogP contribution in [0.25, 0.3) is 0 Å². The molecular formula is C13H24O8S. The largest absolute Gasteiger partial charge is 0.481 e. The van der Waals surface area contributed by atoms with E-state index in [1.54, 1.807) is 0 Å². The smallest absolute Gasteiger partial charge is 0.397 e. The summed E-state index contributed by atoms with van der Waals surface area (Å²) in [5.74, 6) is -1.39. The standard InChI is InChI=1S/C9H16O8S.C4H8/c10-8(11)4-1-2-5-9(12)16-6-3-7-17-18(13,14)15;1-4(2)3/h1-7H2,(H,10,11)(H,13,14,15);1H2,2-3H3. The van der Waals surface area contributed by atoms with Crippen molar-refractivity contribution in [3.8, 4) is 0 Å². The Hall–Kier alpha value is -1.45. The normalized spacial score (nSPS) is 10.3. The second kappa shape index (κ2) is 13.2. The number of hydrogen-bond acceptors (Lipinski definition) is 6. The van der Waals surface area contributed by atoms with E-state index in [9.17, 15) is 18.0 Å². The minimum absolute atomic E-state index is 0.00940. The molecule has 8 nitrogen and oxygen atoms in total. The molecule has 9 heteroatoms. The first-order valence-corrected chi connectivity index (χ1v) is 8.02. The first-order chi connectivity index (χ1) is 10.0. The number of carboxylic acids is 1. The summed E-state index contributed by atoms with van der Waals surface area (Å²) in [6.45, 7) is 7.21. The second-order valence-electron chi connectivity index (χ2n) is 4.63. The number of esters is 1. The number of allylic oxidation sites excluding steroid dienone is 1. The molecule has 0 fully saturated rings. The molecule has 0 rings (SSSR count). The molecule has 0 saturated heterocycles. The van der Waals surface area contributed by atoms with Crippen molar-refractivity contribution < 1.29 is 36.6 Å². The summed E-state index contributed by atoms with van der Waals surface area (Å²) in [5, 5.41) is 8.35. The van der Waals surface area contributed by atoms with Gasteiger partial charge in [0.05, 0.1) is 13.2 Å². The van der Waals surface area contributed by atoms with E-state index < -0.39 is 22.3 Å². The molecule has 0 spiro atoms. The fraction of sp³-hybridized carbons (Fsp3) is 0.692. The predicted octanol–water partition coefficient (Wildman–Crippen LogP) is 1.97. The molecular weight excluding hydrogens is 316 g/mol. The van der Waals surface area contributed by atoms with Gasteiger partial charge in [-0.25, -0.2) is 4.18 Å². The highest BCUT2D eigenvalue weighted by atomic mass is 32.3. The Labute approximate surface area is 131 Å². The fourth-order valence-corrected chi connectivity index (χ4v) is 1.36. The van der Waals surface area contributed by atoms with E-state index in [-0.39, 0.29) is 32.5 Å². The van der Waals surface area contributed by atoms with Gasteiger partial charge < -0.3 is 9.84 Å². The number of carbonyl (C=O) groups is 2. The van der Waals surface area contributed by atoms with Gasteiger partial charge in [0.1, 0.15) is 0 Å². The van der Waals surface area contributed by atoms with E-state index in [4.69, 9.17) is 14.4 Å². The first kappa shape index (κ1) is 22.8. The van der Waals surface area contributed by atoms with Gasteiger partial charge in [0, 0.05) is 19.3 Å². The zero-order chi connectivity index (χ0) is 17.6. The Morgan fingerprint density at radius 3 is 2.00 bits per heavy atom. The van der Waals surface area contributed by atoms with Crippen LogP contribution in [0.15, 0.2) is 12.2 Å². The molecule has 0 heterocycles. The number of carboxylic acid groups (broad SMARTS) is 1. The summed E-state index contributed by atoms with van der Waals surface area (Å²) in [6.07, 6.45) is 1.09. The van der Waals surface area contributed by atoms with Crippen molar-refractivity contribution in [2.75, 3.05) is 13.2 Å². The Morgan fingerprint density at radius 1 is 1.05 bits per heavy atom. The van der Waals surface area contributed by atoms with Crippen molar-refractivity contribution >= 4 is 22.3 Å². The maximum Gasteiger partial charge on any atom is 0.397 e. The molecule has 0 aromatic carbocycles. The second-order valence-corrected chi connectivity index (χ2v) is 5.72. The molecule has 22 heavy (non-hydrogen) atoms. The Morgan fingerprint density at radius 2 is 1.55 bits per heavy atom. The topological polar surface area (TPSA) is 127 Å². The molecule has 2 N–H and O–H groups in total. The van der Waals surface area contributed by atoms with E-state index in [1.807, 2.05) is 13.8 Å². The molecule has 0 aliphatic carbocycles. The number of carbonyl (C=O) groups excluding carboxylic acids is 1. The third kappa shape index (κ3) is 27.0. The number of rotatable bonds is 10. The summed E-state index contributed by atoms with van der Waals surface area (Å²) in [7, 11) is -4.45. The molecule has 0 aromatic rings. The third-order valence-electron chi connectivity index (χ3n) is 1.81. The Kier molecular flexibility index (Phi) is 13.7. The minimum Gasteiger partial charge on any atom is -0.481 e. The van der Waals surface area contributed by atoms with Gasteiger partial charge in [-0.2, -0.15) is 8.42 Å². The minimum atomic E-state index is -4.45. The Balaban J connectivity index is 0. The Bertz CT molecular complexity index is 437. The quantitative estimate of drug-likeness (QED) is 0.267. The summed E-state index contributed by atoms with van der Waals surface area (Å²) >= 11 is 0. The van der Waals surface area contributed by atoms with Gasteiger partial charge in [0.25, 0.3) is 0 Å². The number of ether oxygens (including phenoxy) is 1. The SMILES string of the molecule is C=C(C)C.O=C(O)CCCCC(=O)OCCCOS(=O)(=O)O. The van der Waals surface area contributed by atoms with Crippen molar-refractivity contribution in [1.82, 2.24) is 0 Å². The average molecular weight is 340 g/mol. The van der Waals surface area contributed by atoms with Crippen LogP contribution in [0.1, 0.15) is 46.0 Å². The lowest BCUT2D eigenvalue weighted by molar-refractivity contribution is -0.144. The molecule has 0 atom stereocenters. The van der Waals surface area contributed by atoms with Gasteiger partial charge in [0.2, 0.25) is 0 Å². The van der Waals surface area contributed by atoms with E-state index in [0.717, 1.165) is 0 Å². The van der Waals surface area contributed by atoms with E-state index in [0.29, 0.717) is 12.8 Å². The zero-order valence-corrected chi connectivity index (χ0v) is 13.7. The van der Waals surface area contributed by atoms with Crippen molar-refractivity contribution in [3.63, 3.8) is 0 Å². The summed E-state index contributed by atoms with van der Waals surface area (Å²) < 4.78 is 37.2. The van der Waals surface area contributed by atoms with Crippen LogP contribution in [0.4, 0.5) is 0 Å². The van der Waals surface area contributed by atoms with Crippen molar-refractivity contribution in [1.29, 1.82) is 0 Å². The monoisotopic (exact) mass is 340 g/mol. The van der Waals surface area contributed by atoms with Gasteiger partial charge >= 0.3 is 22.3 Å². The van der Waals surface area contributed by atoms with Gasteiger partial charge in [-0.05, 0) is 26.7 Å². The van der Waals surface area contributed by atoms with E-state index in [2.05, 4.69) is 10.8 Å². The molecule has 0 aliphatic rings. The summed E-state index contributed by atoms with van der Waals surface area (Å²) in [4.78, 5) is 21.2. The average Bonchev–Trinajstić information content (AvgIpc) is 2.32. The first-order valence-electron chi connectivity index (χ1n) is 6.66. The molecule has 0 aromatic heterocycles. The van der Waals surface area contributed by atoms with Crippen LogP contribution in [-0.4, -0.2) is 43.2 Å². The van der Waals surface area contributed by atoms with Crippen LogP contribution in [0.5, 0.6) is 0 Å². The van der Waals surface area contributed by atoms with Crippen LogP contribution in [0.2, 0.25) is 0 Å². The lowest BCUT2D eigenvalue weighted by Gasteiger charge is -2.04. The van der Waals surface area contributed by atoms with Crippen LogP contribution in [0, 0.1) is 0 Å². The number of unbranched alkanes of at least 4 members (excludes halogenated alkanes) is 1. The molecule has 0 unspecified atom stereocenters. The maximum absolute atomic E-state index is 11.1. The number of aliphatic carboxylic acids is 1. The lowest BCUT2D eigenvalue weighted by Crippen LogP contribution is -2.10. The molecule has 130 valence electrons. The third-order valence-corrected chi connectivity index (χ3v) is 2.27. The van der Waals surface area contributed by atoms with E-state index in [1.165, 1.54) is 5.57 Å². The highest BCUT2D eigenvalue weighted by Crippen LogP contribution is 2.02. The zero-order valence-electron chi connectivity index (χ0n) is 12.9. The maximum atomic E-state index is 11.1. The highest BCUT2D eigenvalue weighted by molar-refractivity contribution is 7.80. The molecule has 0 aliphatic heterocycles. The van der Waals surface area contributed by atoms with Crippen LogP contribution in [-0.2, 0) is 28.9 Å². The van der Waals surface area contributed by atoms with Crippen LogP contribution in [0.3, 0.4) is 0 Å². The van der Waals surface area contributed by atoms with E-state index >= 15 is 0 Å². The fourth-order valence-electron chi connectivity index (χ4n) is 1.03. The predicted molar refractivity (Wildman–Crippen MR) is 79.7 cm³/mol. The van der Waals surface area contributed by atoms with Gasteiger partial charge in [-0.3, -0.25) is 14.1 Å². The summed E-state index contributed by atoms with van der Waals surface area (Å²) in [5.41, 5.74) is 1.17. The highest BCUT2D eigenvalue weighted by Gasteiger charge is 2.06. The van der Waals surface area contributed by atoms with Crippen LogP contribution < -0.4 is 0 Å². The number of hydrogen-bond donors (Lipinski definition) is 2. The summed E-state index contributed by atoms with van der Waals surface area (Å²) in [6, 6.07) is 0. The molecule has 0 saturated carbocycles.